The van der Waals surface area contributed by atoms with Gasteiger partial charge in [0.2, 0.25) is 5.79 Å². The molecule has 4 rings (SSSR count). The summed E-state index contributed by atoms with van der Waals surface area (Å²) in [5.74, 6) is -7.96. The van der Waals surface area contributed by atoms with E-state index in [1.807, 2.05) is 58.1 Å². The number of piperidine rings is 1. The van der Waals surface area contributed by atoms with Crippen LogP contribution in [0.4, 0.5) is 0 Å². The van der Waals surface area contributed by atoms with Crippen molar-refractivity contribution >= 4 is 29.2 Å². The highest BCUT2D eigenvalue weighted by Crippen LogP contribution is 2.38. The fourth-order valence-corrected chi connectivity index (χ4v) is 10.1. The molecule has 14 heteroatoms. The van der Waals surface area contributed by atoms with Gasteiger partial charge >= 0.3 is 5.97 Å². The second-order valence-corrected chi connectivity index (χ2v) is 19.6. The van der Waals surface area contributed by atoms with Crippen molar-refractivity contribution in [2.45, 2.75) is 180 Å². The van der Waals surface area contributed by atoms with Crippen molar-refractivity contribution < 1.29 is 63.0 Å². The number of allylic oxidation sites excluding steroid dienone is 6. The highest BCUT2D eigenvalue weighted by molar-refractivity contribution is 6.39. The van der Waals surface area contributed by atoms with E-state index in [2.05, 4.69) is 0 Å². The zero-order chi connectivity index (χ0) is 48.2. The summed E-state index contributed by atoms with van der Waals surface area (Å²) < 4.78 is 29.4. The standard InChI is InChI=1S/C51H79NO13/c1-30-16-12-11-13-17-31(2)42(61-8)28-38-21-19-36(7)51(60,65-38)48(57)49(58)52-23-15-14-18-39(52)50(59)64-43(33(4)26-37-20-22-40(53)44(27-37)62-9)29-41(54)32(3)25-35(6)46(56)47(63-10)45(55)34(5)24-30/h11-13,16-17,25,30,32-34,36-40,42-44,46-47,53,56,60H,14-15,18-24,26-29H2,1-10H3/t30-,32-,33-,34-,36-,37+,38+,39+,40-,42+,43?,44-,46+,47+,51-/m1/s1. The van der Waals surface area contributed by atoms with Crippen LogP contribution >= 0.6 is 0 Å². The number of amides is 1. The number of fused-ring (bicyclic) bond motifs is 3. The topological polar surface area (TPSA) is 195 Å². The van der Waals surface area contributed by atoms with E-state index in [1.54, 1.807) is 41.1 Å². The normalized spacial score (nSPS) is 37.8. The van der Waals surface area contributed by atoms with Crippen LogP contribution in [0.3, 0.4) is 0 Å². The minimum Gasteiger partial charge on any atom is -0.460 e. The molecule has 65 heavy (non-hydrogen) atoms. The first kappa shape index (κ1) is 54.2. The number of ketones is 3. The number of methoxy groups -OCH3 is 3. The summed E-state index contributed by atoms with van der Waals surface area (Å²) in [5, 5.41) is 33.8. The smallest absolute Gasteiger partial charge is 0.329 e. The van der Waals surface area contributed by atoms with Crippen molar-refractivity contribution in [3.8, 4) is 0 Å². The highest BCUT2D eigenvalue weighted by atomic mass is 16.6. The molecule has 3 aliphatic heterocycles. The van der Waals surface area contributed by atoms with E-state index in [0.717, 1.165) is 12.0 Å². The maximum atomic E-state index is 14.4. The summed E-state index contributed by atoms with van der Waals surface area (Å²) in [5.41, 5.74) is 1.27. The van der Waals surface area contributed by atoms with Crippen molar-refractivity contribution in [3.05, 3.63) is 47.6 Å². The SMILES string of the molecule is CO[C@H]1C[C@@H]2CC[C@@H](C)[C@@](O)(O2)C(=O)C(=O)N2CCCC[C@H]2C(=O)OC([C@H](C)C[C@@H]2CC[C@@H](O)[C@H](OC)C2)CC(=O)[C@H](C)C=C(C)[C@H](O)[C@@H](OC)C(=O)[C@H](C)C[C@H](C)C=CC=CC=C1C. The largest absolute Gasteiger partial charge is 0.460 e. The number of carbonyl (C=O) groups is 5. The van der Waals surface area contributed by atoms with Gasteiger partial charge in [0.15, 0.2) is 5.78 Å². The second kappa shape index (κ2) is 25.1. The number of aliphatic hydroxyl groups is 3. The predicted octanol–water partition coefficient (Wildman–Crippen LogP) is 6.18. The summed E-state index contributed by atoms with van der Waals surface area (Å²) in [7, 11) is 4.52. The fourth-order valence-electron chi connectivity index (χ4n) is 10.1. The summed E-state index contributed by atoms with van der Waals surface area (Å²) in [6.45, 7) is 12.7. The molecule has 0 spiro atoms. The molecule has 0 aromatic carbocycles. The highest BCUT2D eigenvalue weighted by Gasteiger charge is 2.53. The first-order valence-electron chi connectivity index (χ1n) is 23.9. The Hall–Kier alpha value is -3.37. The number of hydrogen-bond donors (Lipinski definition) is 3. The van der Waals surface area contributed by atoms with Gasteiger partial charge < -0.3 is 43.9 Å². The number of cyclic esters (lactones) is 1. The molecule has 3 N–H and O–H groups in total. The van der Waals surface area contributed by atoms with Gasteiger partial charge in [-0.05, 0) is 107 Å². The van der Waals surface area contributed by atoms with Gasteiger partial charge in [-0.2, -0.15) is 0 Å². The van der Waals surface area contributed by atoms with E-state index in [4.69, 9.17) is 23.7 Å². The third-order valence-electron chi connectivity index (χ3n) is 14.5. The molecule has 366 valence electrons. The number of esters is 1. The Bertz CT molecular complexity index is 1760. The predicted molar refractivity (Wildman–Crippen MR) is 245 cm³/mol. The first-order valence-corrected chi connectivity index (χ1v) is 23.9. The minimum atomic E-state index is -2.43. The van der Waals surface area contributed by atoms with Gasteiger partial charge in [-0.1, -0.05) is 71.1 Å². The van der Waals surface area contributed by atoms with Crippen molar-refractivity contribution in [3.63, 3.8) is 0 Å². The van der Waals surface area contributed by atoms with Gasteiger partial charge in [-0.15, -0.1) is 0 Å². The van der Waals surface area contributed by atoms with E-state index >= 15 is 0 Å². The number of carbonyl (C=O) groups excluding carboxylic acids is 5. The molecule has 1 saturated carbocycles. The van der Waals surface area contributed by atoms with Crippen molar-refractivity contribution in [1.82, 2.24) is 4.90 Å². The Balaban J connectivity index is 1.70. The molecular weight excluding hydrogens is 835 g/mol. The third-order valence-corrected chi connectivity index (χ3v) is 14.5. The fraction of sp³-hybridized carbons (Fsp3) is 0.745. The zero-order valence-corrected chi connectivity index (χ0v) is 40.6. The lowest BCUT2D eigenvalue weighted by Crippen LogP contribution is -2.61. The molecule has 1 unspecified atom stereocenters. The quantitative estimate of drug-likeness (QED) is 0.156. The summed E-state index contributed by atoms with van der Waals surface area (Å²) >= 11 is 0. The van der Waals surface area contributed by atoms with E-state index in [0.29, 0.717) is 63.4 Å². The summed E-state index contributed by atoms with van der Waals surface area (Å²) in [4.78, 5) is 71.8. The van der Waals surface area contributed by atoms with Crippen LogP contribution in [0.1, 0.15) is 126 Å². The second-order valence-electron chi connectivity index (χ2n) is 19.6. The minimum absolute atomic E-state index is 0.0193. The molecule has 0 aromatic heterocycles. The van der Waals surface area contributed by atoms with E-state index in [1.165, 1.54) is 12.0 Å². The Morgan fingerprint density at radius 1 is 0.846 bits per heavy atom. The number of nitrogens with zero attached hydrogens (tertiary/aromatic N) is 1. The molecule has 1 amide bonds. The Morgan fingerprint density at radius 2 is 1.57 bits per heavy atom. The lowest BCUT2D eigenvalue weighted by Gasteiger charge is -2.42. The molecule has 2 saturated heterocycles. The number of aliphatic hydroxyl groups excluding tert-OH is 2. The Labute approximate surface area is 387 Å². The lowest BCUT2D eigenvalue weighted by atomic mass is 9.78. The molecule has 1 aliphatic carbocycles. The lowest BCUT2D eigenvalue weighted by molar-refractivity contribution is -0.265. The molecule has 4 aliphatic rings. The number of hydrogen-bond acceptors (Lipinski definition) is 13. The van der Waals surface area contributed by atoms with Gasteiger partial charge in [0.25, 0.3) is 11.7 Å². The number of ether oxygens (including phenoxy) is 5. The molecule has 0 radical (unpaired) electrons. The third kappa shape index (κ3) is 14.3. The van der Waals surface area contributed by atoms with E-state index in [9.17, 15) is 39.3 Å². The van der Waals surface area contributed by atoms with E-state index in [-0.39, 0.29) is 54.8 Å². The van der Waals surface area contributed by atoms with Crippen LogP contribution in [0.2, 0.25) is 0 Å². The van der Waals surface area contributed by atoms with Crippen molar-refractivity contribution in [2.75, 3.05) is 27.9 Å². The molecule has 2 bridgehead atoms. The van der Waals surface area contributed by atoms with Gasteiger partial charge in [0.1, 0.15) is 30.1 Å². The van der Waals surface area contributed by atoms with E-state index < -0.39 is 83.9 Å². The molecule has 3 fully saturated rings. The summed E-state index contributed by atoms with van der Waals surface area (Å²) in [6.07, 6.45) is 11.2. The van der Waals surface area contributed by atoms with Crippen LogP contribution < -0.4 is 0 Å². The Kier molecular flexibility index (Phi) is 21.0. The maximum Gasteiger partial charge on any atom is 0.329 e. The monoisotopic (exact) mass is 914 g/mol. The average molecular weight is 914 g/mol. The van der Waals surface area contributed by atoms with Crippen LogP contribution in [0, 0.1) is 35.5 Å². The van der Waals surface area contributed by atoms with Gasteiger partial charge in [-0.3, -0.25) is 19.2 Å². The van der Waals surface area contributed by atoms with Crippen molar-refractivity contribution in [2.24, 2.45) is 35.5 Å². The van der Waals surface area contributed by atoms with Crippen molar-refractivity contribution in [1.29, 1.82) is 0 Å². The molecule has 3 heterocycles. The van der Waals surface area contributed by atoms with Crippen LogP contribution in [0.25, 0.3) is 0 Å². The van der Waals surface area contributed by atoms with Crippen LogP contribution in [-0.4, -0.2) is 132 Å². The van der Waals surface area contributed by atoms with Gasteiger partial charge in [0.05, 0.1) is 24.4 Å². The molecular formula is C51H79NO13. The first-order chi connectivity index (χ1) is 30.7. The van der Waals surface area contributed by atoms with Gasteiger partial charge in [0, 0.05) is 58.5 Å². The zero-order valence-electron chi connectivity index (χ0n) is 40.6. The maximum absolute atomic E-state index is 14.4. The van der Waals surface area contributed by atoms with Crippen LogP contribution in [-0.2, 0) is 47.7 Å². The van der Waals surface area contributed by atoms with Crippen LogP contribution in [0.5, 0.6) is 0 Å². The number of Topliss-reactive ketones (excluding diaryl/α,β-unsaturated/α-hetero) is 3. The van der Waals surface area contributed by atoms with Gasteiger partial charge in [-0.25, -0.2) is 4.79 Å². The average Bonchev–Trinajstić information content (AvgIpc) is 3.28. The molecule has 14 nitrogen and oxygen atoms in total. The van der Waals surface area contributed by atoms with Crippen LogP contribution in [0.15, 0.2) is 47.6 Å². The number of rotatable bonds is 6. The molecule has 0 aromatic rings. The summed E-state index contributed by atoms with van der Waals surface area (Å²) in [6, 6.07) is -1.14. The Morgan fingerprint density at radius 3 is 2.25 bits per heavy atom. The molecule has 15 atom stereocenters.